The van der Waals surface area contributed by atoms with E-state index in [9.17, 15) is 15.0 Å². The molecule has 2 atom stereocenters. The number of rotatable bonds is 1. The Kier molecular flexibility index (Phi) is 2.36. The number of hydrogen-bond acceptors (Lipinski definition) is 4. The van der Waals surface area contributed by atoms with Crippen LogP contribution >= 0.6 is 0 Å². The molecule has 15 heavy (non-hydrogen) atoms. The Hall–Kier alpha value is -1.55. The third kappa shape index (κ3) is 1.47. The Morgan fingerprint density at radius 2 is 2.27 bits per heavy atom. The number of methoxy groups -OCH3 is 1. The van der Waals surface area contributed by atoms with Crippen LogP contribution in [0, 0.1) is 5.92 Å². The average Bonchev–Trinajstić information content (AvgIpc) is 2.57. The number of carbonyl (C=O) groups is 1. The van der Waals surface area contributed by atoms with E-state index in [1.807, 2.05) is 0 Å². The van der Waals surface area contributed by atoms with Crippen molar-refractivity contribution in [3.8, 4) is 5.75 Å². The first-order chi connectivity index (χ1) is 7.15. The molecule has 0 heterocycles. The first kappa shape index (κ1) is 9.98. The van der Waals surface area contributed by atoms with E-state index in [-0.39, 0.29) is 5.75 Å². The van der Waals surface area contributed by atoms with Gasteiger partial charge in [-0.15, -0.1) is 0 Å². The maximum absolute atomic E-state index is 11.3. The van der Waals surface area contributed by atoms with Crippen molar-refractivity contribution < 1.29 is 19.7 Å². The molecule has 2 N–H and O–H groups in total. The third-order valence-corrected chi connectivity index (χ3v) is 2.82. The van der Waals surface area contributed by atoms with Gasteiger partial charge in [0.1, 0.15) is 5.75 Å². The molecule has 0 aromatic heterocycles. The van der Waals surface area contributed by atoms with Crippen LogP contribution in [-0.4, -0.2) is 23.3 Å². The summed E-state index contributed by atoms with van der Waals surface area (Å²) in [5.74, 6) is -0.922. The molecule has 0 saturated heterocycles. The van der Waals surface area contributed by atoms with Gasteiger partial charge < -0.3 is 14.9 Å². The Morgan fingerprint density at radius 1 is 1.53 bits per heavy atom. The highest BCUT2D eigenvalue weighted by Gasteiger charge is 2.38. The maximum Gasteiger partial charge on any atom is 0.311 e. The number of esters is 1. The van der Waals surface area contributed by atoms with Gasteiger partial charge in [0.25, 0.3) is 0 Å². The highest BCUT2D eigenvalue weighted by Crippen LogP contribution is 2.40. The average molecular weight is 208 g/mol. The topological polar surface area (TPSA) is 66.8 Å². The molecular weight excluding hydrogens is 196 g/mol. The van der Waals surface area contributed by atoms with E-state index in [0.717, 1.165) is 0 Å². The van der Waals surface area contributed by atoms with Gasteiger partial charge in [0.15, 0.2) is 0 Å². The molecule has 0 amide bonds. The number of hydrogen-bond donors (Lipinski definition) is 2. The predicted octanol–water partition coefficient (Wildman–Crippen LogP) is 0.771. The molecule has 0 bridgehead atoms. The molecular formula is C11H12O4. The van der Waals surface area contributed by atoms with Crippen LogP contribution in [0.3, 0.4) is 0 Å². The van der Waals surface area contributed by atoms with Crippen LogP contribution in [0.5, 0.6) is 5.75 Å². The van der Waals surface area contributed by atoms with Crippen LogP contribution in [0.15, 0.2) is 18.2 Å². The zero-order valence-corrected chi connectivity index (χ0v) is 8.30. The standard InChI is InChI=1S/C11H12O4/c1-15-11(14)8-5-7-6(10(8)13)3-2-4-9(7)12/h2-4,8,10,12-13H,5H2,1H3. The highest BCUT2D eigenvalue weighted by molar-refractivity contribution is 5.75. The fourth-order valence-electron chi connectivity index (χ4n) is 2.00. The Balaban J connectivity index is 2.37. The number of benzene rings is 1. The van der Waals surface area contributed by atoms with Crippen LogP contribution < -0.4 is 0 Å². The summed E-state index contributed by atoms with van der Waals surface area (Å²) in [6.07, 6.45) is -0.546. The maximum atomic E-state index is 11.3. The fourth-order valence-corrected chi connectivity index (χ4v) is 2.00. The van der Waals surface area contributed by atoms with Crippen molar-refractivity contribution in [2.24, 2.45) is 5.92 Å². The van der Waals surface area contributed by atoms with Gasteiger partial charge in [-0.3, -0.25) is 4.79 Å². The summed E-state index contributed by atoms with van der Waals surface area (Å²) in [6, 6.07) is 4.91. The van der Waals surface area contributed by atoms with Crippen LogP contribution in [0.4, 0.5) is 0 Å². The number of ether oxygens (including phenoxy) is 1. The lowest BCUT2D eigenvalue weighted by Crippen LogP contribution is -2.20. The monoisotopic (exact) mass is 208 g/mol. The van der Waals surface area contributed by atoms with Crippen molar-refractivity contribution in [3.05, 3.63) is 29.3 Å². The van der Waals surface area contributed by atoms with E-state index >= 15 is 0 Å². The lowest BCUT2D eigenvalue weighted by molar-refractivity contribution is -0.148. The number of phenols is 1. The molecule has 0 fully saturated rings. The van der Waals surface area contributed by atoms with Crippen LogP contribution in [0.25, 0.3) is 0 Å². The molecule has 4 nitrogen and oxygen atoms in total. The van der Waals surface area contributed by atoms with Gasteiger partial charge in [-0.05, 0) is 18.1 Å². The molecule has 80 valence electrons. The first-order valence-corrected chi connectivity index (χ1v) is 4.71. The smallest absolute Gasteiger partial charge is 0.311 e. The summed E-state index contributed by atoms with van der Waals surface area (Å²) in [5, 5.41) is 19.4. The quantitative estimate of drug-likeness (QED) is 0.669. The molecule has 0 spiro atoms. The van der Waals surface area contributed by atoms with Crippen molar-refractivity contribution in [1.82, 2.24) is 0 Å². The minimum absolute atomic E-state index is 0.123. The SMILES string of the molecule is COC(=O)C1Cc2c(O)cccc2C1O. The Labute approximate surface area is 87.1 Å². The number of aliphatic hydroxyl groups is 1. The van der Waals surface area contributed by atoms with Gasteiger partial charge in [0, 0.05) is 5.56 Å². The largest absolute Gasteiger partial charge is 0.508 e. The first-order valence-electron chi connectivity index (χ1n) is 4.71. The number of fused-ring (bicyclic) bond motifs is 1. The molecule has 0 aliphatic heterocycles. The molecule has 1 aromatic carbocycles. The lowest BCUT2D eigenvalue weighted by atomic mass is 10.0. The molecule has 1 aromatic rings. The van der Waals surface area contributed by atoms with Gasteiger partial charge in [-0.2, -0.15) is 0 Å². The second-order valence-electron chi connectivity index (χ2n) is 3.62. The van der Waals surface area contributed by atoms with Crippen LogP contribution in [0.2, 0.25) is 0 Å². The third-order valence-electron chi connectivity index (χ3n) is 2.82. The van der Waals surface area contributed by atoms with E-state index in [0.29, 0.717) is 17.5 Å². The van der Waals surface area contributed by atoms with E-state index in [1.165, 1.54) is 7.11 Å². The van der Waals surface area contributed by atoms with Gasteiger partial charge in [-0.1, -0.05) is 12.1 Å². The Morgan fingerprint density at radius 3 is 2.87 bits per heavy atom. The summed E-state index contributed by atoms with van der Waals surface area (Å²) in [7, 11) is 1.29. The number of carbonyl (C=O) groups excluding carboxylic acids is 1. The summed E-state index contributed by atoms with van der Waals surface area (Å²) >= 11 is 0. The molecule has 0 saturated carbocycles. The van der Waals surface area contributed by atoms with Gasteiger partial charge in [-0.25, -0.2) is 0 Å². The lowest BCUT2D eigenvalue weighted by Gasteiger charge is -2.11. The number of phenolic OH excluding ortho intramolecular Hbond substituents is 1. The number of aliphatic hydroxyl groups excluding tert-OH is 1. The van der Waals surface area contributed by atoms with E-state index in [4.69, 9.17) is 0 Å². The zero-order chi connectivity index (χ0) is 11.0. The van der Waals surface area contributed by atoms with Crippen molar-refractivity contribution >= 4 is 5.97 Å². The normalized spacial score (nSPS) is 23.6. The van der Waals surface area contributed by atoms with Crippen molar-refractivity contribution in [2.75, 3.05) is 7.11 Å². The molecule has 1 aliphatic rings. The molecule has 1 aliphatic carbocycles. The second kappa shape index (κ2) is 3.55. The molecule has 4 heteroatoms. The van der Waals surface area contributed by atoms with Gasteiger partial charge in [0.2, 0.25) is 0 Å². The van der Waals surface area contributed by atoms with E-state index < -0.39 is 18.0 Å². The fraction of sp³-hybridized carbons (Fsp3) is 0.364. The zero-order valence-electron chi connectivity index (χ0n) is 8.30. The summed E-state index contributed by atoms with van der Waals surface area (Å²) in [5.41, 5.74) is 1.26. The minimum atomic E-state index is -0.875. The van der Waals surface area contributed by atoms with Crippen molar-refractivity contribution in [3.63, 3.8) is 0 Å². The predicted molar refractivity (Wildman–Crippen MR) is 52.3 cm³/mol. The molecule has 0 radical (unpaired) electrons. The Bertz CT molecular complexity index is 400. The second-order valence-corrected chi connectivity index (χ2v) is 3.62. The minimum Gasteiger partial charge on any atom is -0.508 e. The van der Waals surface area contributed by atoms with E-state index in [2.05, 4.69) is 4.74 Å². The van der Waals surface area contributed by atoms with Crippen molar-refractivity contribution in [2.45, 2.75) is 12.5 Å². The van der Waals surface area contributed by atoms with Crippen LogP contribution in [-0.2, 0) is 16.0 Å². The van der Waals surface area contributed by atoms with Gasteiger partial charge >= 0.3 is 5.97 Å². The summed E-state index contributed by atoms with van der Waals surface area (Å²) < 4.78 is 4.60. The summed E-state index contributed by atoms with van der Waals surface area (Å²) in [4.78, 5) is 11.3. The van der Waals surface area contributed by atoms with Crippen molar-refractivity contribution in [1.29, 1.82) is 0 Å². The highest BCUT2D eigenvalue weighted by atomic mass is 16.5. The van der Waals surface area contributed by atoms with Gasteiger partial charge in [0.05, 0.1) is 19.1 Å². The molecule has 2 rings (SSSR count). The molecule has 2 unspecified atom stereocenters. The summed E-state index contributed by atoms with van der Waals surface area (Å²) in [6.45, 7) is 0. The van der Waals surface area contributed by atoms with E-state index in [1.54, 1.807) is 18.2 Å². The van der Waals surface area contributed by atoms with Crippen LogP contribution in [0.1, 0.15) is 17.2 Å². The number of aromatic hydroxyl groups is 1.